The van der Waals surface area contributed by atoms with Gasteiger partial charge in [-0.05, 0) is 55.8 Å². The molecular weight excluding hydrogens is 258 g/mol. The van der Waals surface area contributed by atoms with Gasteiger partial charge in [0, 0.05) is 13.5 Å². The molecule has 2 aromatic rings. The SMILES string of the molecule is CC(C)CNCC1CCC1Cc1nc2ccccc2n1C. The summed E-state index contributed by atoms with van der Waals surface area (Å²) in [6.45, 7) is 6.84. The molecule has 0 radical (unpaired) electrons. The summed E-state index contributed by atoms with van der Waals surface area (Å²) >= 11 is 0. The molecule has 1 N–H and O–H groups in total. The lowest BCUT2D eigenvalue weighted by Gasteiger charge is -2.37. The Labute approximate surface area is 127 Å². The quantitative estimate of drug-likeness (QED) is 0.881. The van der Waals surface area contributed by atoms with Crippen LogP contribution in [0.15, 0.2) is 24.3 Å². The minimum absolute atomic E-state index is 0.739. The van der Waals surface area contributed by atoms with E-state index < -0.39 is 0 Å². The molecule has 2 atom stereocenters. The van der Waals surface area contributed by atoms with E-state index in [2.05, 4.69) is 55.0 Å². The zero-order valence-electron chi connectivity index (χ0n) is 13.5. The summed E-state index contributed by atoms with van der Waals surface area (Å²) in [7, 11) is 2.15. The first-order valence-corrected chi connectivity index (χ1v) is 8.26. The van der Waals surface area contributed by atoms with Gasteiger partial charge in [0.15, 0.2) is 0 Å². The Kier molecular flexibility index (Phi) is 4.29. The molecule has 1 heterocycles. The molecule has 1 aromatic carbocycles. The predicted octanol–water partition coefficient (Wildman–Crippen LogP) is 3.39. The zero-order chi connectivity index (χ0) is 14.8. The van der Waals surface area contributed by atoms with E-state index in [0.29, 0.717) is 0 Å². The minimum Gasteiger partial charge on any atom is -0.331 e. The van der Waals surface area contributed by atoms with Crippen LogP contribution < -0.4 is 5.32 Å². The Morgan fingerprint density at radius 1 is 1.24 bits per heavy atom. The maximum absolute atomic E-state index is 4.82. The van der Waals surface area contributed by atoms with E-state index in [0.717, 1.165) is 36.2 Å². The molecule has 0 aliphatic heterocycles. The van der Waals surface area contributed by atoms with Crippen molar-refractivity contribution in [1.29, 1.82) is 0 Å². The molecule has 0 bridgehead atoms. The molecule has 1 saturated carbocycles. The number of fused-ring (bicyclic) bond motifs is 1. The lowest BCUT2D eigenvalue weighted by Crippen LogP contribution is -2.37. The van der Waals surface area contributed by atoms with Gasteiger partial charge in [0.2, 0.25) is 0 Å². The fourth-order valence-electron chi connectivity index (χ4n) is 3.35. The number of hydrogen-bond donors (Lipinski definition) is 1. The fraction of sp³-hybridized carbons (Fsp3) is 0.611. The van der Waals surface area contributed by atoms with Crippen molar-refractivity contribution in [2.75, 3.05) is 13.1 Å². The highest BCUT2D eigenvalue weighted by Crippen LogP contribution is 2.36. The number of rotatable bonds is 6. The molecule has 21 heavy (non-hydrogen) atoms. The number of benzene rings is 1. The van der Waals surface area contributed by atoms with Crippen LogP contribution in [-0.2, 0) is 13.5 Å². The summed E-state index contributed by atoms with van der Waals surface area (Å²) in [5, 5.41) is 3.62. The third-order valence-electron chi connectivity index (χ3n) is 4.86. The summed E-state index contributed by atoms with van der Waals surface area (Å²) in [6, 6.07) is 8.44. The Balaban J connectivity index is 1.61. The molecular formula is C18H27N3. The first kappa shape index (κ1) is 14.6. The van der Waals surface area contributed by atoms with Crippen molar-refractivity contribution in [1.82, 2.24) is 14.9 Å². The molecule has 0 saturated heterocycles. The second-order valence-electron chi connectivity index (χ2n) is 6.93. The number of nitrogens with zero attached hydrogens (tertiary/aromatic N) is 2. The Morgan fingerprint density at radius 2 is 2.00 bits per heavy atom. The van der Waals surface area contributed by atoms with Gasteiger partial charge in [-0.2, -0.15) is 0 Å². The van der Waals surface area contributed by atoms with Gasteiger partial charge in [0.25, 0.3) is 0 Å². The fourth-order valence-corrected chi connectivity index (χ4v) is 3.35. The van der Waals surface area contributed by atoms with Crippen LogP contribution in [0.4, 0.5) is 0 Å². The molecule has 3 nitrogen and oxygen atoms in total. The standard InChI is InChI=1S/C18H27N3/c1-13(2)11-19-12-15-9-8-14(15)10-18-20-16-6-4-5-7-17(16)21(18)3/h4-7,13-15,19H,8-12H2,1-3H3. The van der Waals surface area contributed by atoms with Crippen molar-refractivity contribution in [3.8, 4) is 0 Å². The van der Waals surface area contributed by atoms with E-state index in [-0.39, 0.29) is 0 Å². The molecule has 3 heteroatoms. The smallest absolute Gasteiger partial charge is 0.109 e. The largest absolute Gasteiger partial charge is 0.331 e. The molecule has 2 unspecified atom stereocenters. The van der Waals surface area contributed by atoms with Crippen LogP contribution in [0, 0.1) is 17.8 Å². The molecule has 1 aliphatic rings. The van der Waals surface area contributed by atoms with Crippen LogP contribution >= 0.6 is 0 Å². The Morgan fingerprint density at radius 3 is 2.67 bits per heavy atom. The molecule has 1 fully saturated rings. The third kappa shape index (κ3) is 3.13. The van der Waals surface area contributed by atoms with Crippen molar-refractivity contribution in [3.63, 3.8) is 0 Å². The first-order valence-electron chi connectivity index (χ1n) is 8.26. The zero-order valence-corrected chi connectivity index (χ0v) is 13.5. The summed E-state index contributed by atoms with van der Waals surface area (Å²) in [6.07, 6.45) is 3.86. The topological polar surface area (TPSA) is 29.9 Å². The van der Waals surface area contributed by atoms with Crippen molar-refractivity contribution >= 4 is 11.0 Å². The number of imidazole rings is 1. The van der Waals surface area contributed by atoms with Crippen LogP contribution in [0.25, 0.3) is 11.0 Å². The van der Waals surface area contributed by atoms with Gasteiger partial charge >= 0.3 is 0 Å². The monoisotopic (exact) mass is 285 g/mol. The van der Waals surface area contributed by atoms with Crippen molar-refractivity contribution in [3.05, 3.63) is 30.1 Å². The normalized spacial score (nSPS) is 21.9. The maximum Gasteiger partial charge on any atom is 0.109 e. The number of hydrogen-bond acceptors (Lipinski definition) is 2. The van der Waals surface area contributed by atoms with E-state index in [1.807, 2.05) is 0 Å². The number of aromatic nitrogens is 2. The summed E-state index contributed by atoms with van der Waals surface area (Å²) in [5.74, 6) is 3.63. The number of nitrogens with one attached hydrogen (secondary N) is 1. The Hall–Kier alpha value is -1.35. The van der Waals surface area contributed by atoms with Gasteiger partial charge in [-0.1, -0.05) is 26.0 Å². The van der Waals surface area contributed by atoms with Gasteiger partial charge in [-0.25, -0.2) is 4.98 Å². The van der Waals surface area contributed by atoms with Crippen molar-refractivity contribution < 1.29 is 0 Å². The van der Waals surface area contributed by atoms with Gasteiger partial charge in [0.1, 0.15) is 5.82 Å². The summed E-state index contributed by atoms with van der Waals surface area (Å²) < 4.78 is 2.27. The molecule has 1 aliphatic carbocycles. The van der Waals surface area contributed by atoms with Crippen molar-refractivity contribution in [2.45, 2.75) is 33.1 Å². The highest BCUT2D eigenvalue weighted by atomic mass is 15.1. The molecule has 0 spiro atoms. The molecule has 0 amide bonds. The second kappa shape index (κ2) is 6.18. The van der Waals surface area contributed by atoms with E-state index in [4.69, 9.17) is 4.98 Å². The minimum atomic E-state index is 0.739. The van der Waals surface area contributed by atoms with E-state index in [1.165, 1.54) is 30.7 Å². The highest BCUT2D eigenvalue weighted by Gasteiger charge is 2.31. The van der Waals surface area contributed by atoms with E-state index in [1.54, 1.807) is 0 Å². The van der Waals surface area contributed by atoms with Crippen LogP contribution in [0.5, 0.6) is 0 Å². The summed E-state index contributed by atoms with van der Waals surface area (Å²) in [4.78, 5) is 4.82. The average molecular weight is 285 g/mol. The second-order valence-corrected chi connectivity index (χ2v) is 6.93. The van der Waals surface area contributed by atoms with E-state index >= 15 is 0 Å². The molecule has 1 aromatic heterocycles. The first-order chi connectivity index (χ1) is 10.1. The maximum atomic E-state index is 4.82. The molecule has 114 valence electrons. The van der Waals surface area contributed by atoms with Gasteiger partial charge in [0.05, 0.1) is 11.0 Å². The van der Waals surface area contributed by atoms with Gasteiger partial charge in [-0.3, -0.25) is 0 Å². The lowest BCUT2D eigenvalue weighted by atomic mass is 9.71. The average Bonchev–Trinajstić information content (AvgIpc) is 2.76. The summed E-state index contributed by atoms with van der Waals surface area (Å²) in [5.41, 5.74) is 2.38. The van der Waals surface area contributed by atoms with Crippen LogP contribution in [0.1, 0.15) is 32.5 Å². The number of aryl methyl sites for hydroxylation is 1. The van der Waals surface area contributed by atoms with Crippen LogP contribution in [0.3, 0.4) is 0 Å². The lowest BCUT2D eigenvalue weighted by molar-refractivity contribution is 0.166. The van der Waals surface area contributed by atoms with Gasteiger partial charge < -0.3 is 9.88 Å². The molecule has 3 rings (SSSR count). The predicted molar refractivity (Wildman–Crippen MR) is 88.3 cm³/mol. The Bertz CT molecular complexity index is 600. The number of para-hydroxylation sites is 2. The van der Waals surface area contributed by atoms with Crippen LogP contribution in [0.2, 0.25) is 0 Å². The van der Waals surface area contributed by atoms with Crippen LogP contribution in [-0.4, -0.2) is 22.6 Å². The third-order valence-corrected chi connectivity index (χ3v) is 4.86. The highest BCUT2D eigenvalue weighted by molar-refractivity contribution is 5.75. The van der Waals surface area contributed by atoms with Crippen molar-refractivity contribution in [2.24, 2.45) is 24.8 Å². The van der Waals surface area contributed by atoms with E-state index in [9.17, 15) is 0 Å². The van der Waals surface area contributed by atoms with Gasteiger partial charge in [-0.15, -0.1) is 0 Å².